The molecule has 3 aromatic heterocycles. The Bertz CT molecular complexity index is 1220. The van der Waals surface area contributed by atoms with Crippen LogP contribution in [0.3, 0.4) is 0 Å². The monoisotopic (exact) mass is 376 g/mol. The first-order valence-electron chi connectivity index (χ1n) is 9.14. The number of fused-ring (bicyclic) bond motifs is 2. The van der Waals surface area contributed by atoms with Crippen LogP contribution in [-0.4, -0.2) is 36.8 Å². The van der Waals surface area contributed by atoms with Gasteiger partial charge in [-0.3, -0.25) is 14.0 Å². The van der Waals surface area contributed by atoms with Gasteiger partial charge < -0.3 is 5.32 Å². The number of amides is 1. The van der Waals surface area contributed by atoms with Crippen molar-refractivity contribution >= 4 is 22.3 Å². The molecule has 0 saturated heterocycles. The largest absolute Gasteiger partial charge is 0.350 e. The van der Waals surface area contributed by atoms with E-state index in [1.165, 1.54) is 4.68 Å². The third-order valence-corrected chi connectivity index (χ3v) is 4.55. The first kappa shape index (κ1) is 17.8. The Kier molecular flexibility index (Phi) is 4.60. The maximum atomic E-state index is 12.8. The van der Waals surface area contributed by atoms with Crippen LogP contribution < -0.4 is 10.9 Å². The summed E-state index contributed by atoms with van der Waals surface area (Å²) >= 11 is 0. The molecular formula is C20H20N6O2. The number of nitrogens with zero attached hydrogens (tertiary/aromatic N) is 5. The van der Waals surface area contributed by atoms with Crippen LogP contribution in [0.15, 0.2) is 53.5 Å². The Morgan fingerprint density at radius 1 is 1.07 bits per heavy atom. The smallest absolute Gasteiger partial charge is 0.274 e. The zero-order valence-corrected chi connectivity index (χ0v) is 15.7. The summed E-state index contributed by atoms with van der Waals surface area (Å²) in [6.45, 7) is 4.11. The van der Waals surface area contributed by atoms with E-state index in [4.69, 9.17) is 0 Å². The van der Waals surface area contributed by atoms with Crippen LogP contribution in [0.5, 0.6) is 0 Å². The van der Waals surface area contributed by atoms with Gasteiger partial charge in [0.25, 0.3) is 11.5 Å². The second-order valence-electron chi connectivity index (χ2n) is 6.79. The Morgan fingerprint density at radius 3 is 2.61 bits per heavy atom. The summed E-state index contributed by atoms with van der Waals surface area (Å²) < 4.78 is 3.24. The van der Waals surface area contributed by atoms with Crippen molar-refractivity contribution in [2.24, 2.45) is 0 Å². The van der Waals surface area contributed by atoms with Gasteiger partial charge in [0.2, 0.25) is 0 Å². The molecule has 4 rings (SSSR count). The minimum Gasteiger partial charge on any atom is -0.350 e. The minimum atomic E-state index is -0.320. The molecule has 0 radical (unpaired) electrons. The topological polar surface area (TPSA) is 94.2 Å². The maximum absolute atomic E-state index is 12.8. The van der Waals surface area contributed by atoms with Crippen LogP contribution in [0.25, 0.3) is 16.4 Å². The van der Waals surface area contributed by atoms with Gasteiger partial charge in [0, 0.05) is 24.5 Å². The summed E-state index contributed by atoms with van der Waals surface area (Å²) in [4.78, 5) is 25.4. The Balaban J connectivity index is 1.59. The molecule has 0 aliphatic heterocycles. The van der Waals surface area contributed by atoms with Crippen LogP contribution >= 0.6 is 0 Å². The van der Waals surface area contributed by atoms with E-state index in [-0.39, 0.29) is 23.2 Å². The number of hydrogen-bond acceptors (Lipinski definition) is 5. The molecule has 8 nitrogen and oxygen atoms in total. The van der Waals surface area contributed by atoms with E-state index in [1.54, 1.807) is 24.3 Å². The Hall–Kier alpha value is -3.55. The summed E-state index contributed by atoms with van der Waals surface area (Å²) in [5.41, 5.74) is 0.813. The van der Waals surface area contributed by atoms with Gasteiger partial charge in [-0.2, -0.15) is 5.10 Å². The van der Waals surface area contributed by atoms with Gasteiger partial charge in [-0.1, -0.05) is 24.3 Å². The minimum absolute atomic E-state index is 0.147. The highest BCUT2D eigenvalue weighted by molar-refractivity contribution is 6.04. The zero-order valence-electron chi connectivity index (χ0n) is 15.7. The lowest BCUT2D eigenvalue weighted by atomic mass is 10.1. The Morgan fingerprint density at radius 2 is 1.82 bits per heavy atom. The summed E-state index contributed by atoms with van der Waals surface area (Å²) in [5.74, 6) is 0.445. The lowest BCUT2D eigenvalue weighted by Gasteiger charge is -2.13. The lowest BCUT2D eigenvalue weighted by Crippen LogP contribution is -2.32. The number of pyridine rings is 1. The van der Waals surface area contributed by atoms with E-state index in [2.05, 4.69) is 20.6 Å². The van der Waals surface area contributed by atoms with Crippen molar-refractivity contribution in [1.82, 2.24) is 29.7 Å². The van der Waals surface area contributed by atoms with Crippen LogP contribution in [0.4, 0.5) is 0 Å². The van der Waals surface area contributed by atoms with Gasteiger partial charge in [-0.25, -0.2) is 4.68 Å². The van der Waals surface area contributed by atoms with Crippen molar-refractivity contribution in [3.05, 3.63) is 70.5 Å². The van der Waals surface area contributed by atoms with Crippen molar-refractivity contribution in [1.29, 1.82) is 0 Å². The molecule has 3 heterocycles. The second-order valence-corrected chi connectivity index (χ2v) is 6.79. The highest BCUT2D eigenvalue weighted by Crippen LogP contribution is 2.14. The van der Waals surface area contributed by atoms with Crippen molar-refractivity contribution < 1.29 is 4.79 Å². The maximum Gasteiger partial charge on any atom is 0.274 e. The first-order chi connectivity index (χ1) is 13.6. The number of aromatic nitrogens is 5. The van der Waals surface area contributed by atoms with E-state index in [0.717, 1.165) is 11.5 Å². The number of nitrogens with one attached hydrogen (secondary N) is 1. The Labute approximate surface area is 160 Å². The molecular weight excluding hydrogens is 356 g/mol. The molecule has 142 valence electrons. The van der Waals surface area contributed by atoms with Crippen molar-refractivity contribution in [2.45, 2.75) is 26.3 Å². The second kappa shape index (κ2) is 7.22. The quantitative estimate of drug-likeness (QED) is 0.575. The average molecular weight is 376 g/mol. The number of carbonyl (C=O) groups excluding carboxylic acids is 1. The standard InChI is InChI=1S/C20H20N6O2/c1-13(2)26-20(28)15-8-4-3-7-14(15)18(24-26)19(27)21-11-10-17-23-22-16-9-5-6-12-25(16)17/h3-9,12-13H,10-11H2,1-2H3,(H,21,27). The fraction of sp³-hybridized carbons (Fsp3) is 0.250. The molecule has 0 spiro atoms. The fourth-order valence-electron chi connectivity index (χ4n) is 3.16. The summed E-state index contributed by atoms with van der Waals surface area (Å²) in [7, 11) is 0. The fourth-order valence-corrected chi connectivity index (χ4v) is 3.16. The first-order valence-corrected chi connectivity index (χ1v) is 9.14. The molecule has 1 amide bonds. The number of carbonyl (C=O) groups is 1. The highest BCUT2D eigenvalue weighted by Gasteiger charge is 2.17. The molecule has 0 atom stereocenters. The molecule has 4 aromatic rings. The van der Waals surface area contributed by atoms with Crippen molar-refractivity contribution in [3.63, 3.8) is 0 Å². The van der Waals surface area contributed by atoms with Gasteiger partial charge in [0.05, 0.1) is 11.4 Å². The number of hydrogen-bond donors (Lipinski definition) is 1. The molecule has 1 N–H and O–H groups in total. The van der Waals surface area contributed by atoms with E-state index < -0.39 is 0 Å². The van der Waals surface area contributed by atoms with Crippen molar-refractivity contribution in [3.8, 4) is 0 Å². The molecule has 28 heavy (non-hydrogen) atoms. The van der Waals surface area contributed by atoms with E-state index in [0.29, 0.717) is 23.7 Å². The molecule has 0 bridgehead atoms. The van der Waals surface area contributed by atoms with Gasteiger partial charge in [0.1, 0.15) is 5.82 Å². The predicted molar refractivity (Wildman–Crippen MR) is 105 cm³/mol. The van der Waals surface area contributed by atoms with Gasteiger partial charge in [0.15, 0.2) is 11.3 Å². The zero-order chi connectivity index (χ0) is 19.7. The third kappa shape index (κ3) is 3.13. The number of rotatable bonds is 5. The molecule has 0 unspecified atom stereocenters. The van der Waals surface area contributed by atoms with E-state index in [9.17, 15) is 9.59 Å². The van der Waals surface area contributed by atoms with Crippen molar-refractivity contribution in [2.75, 3.05) is 6.54 Å². The summed E-state index contributed by atoms with van der Waals surface area (Å²) in [6, 6.07) is 12.6. The summed E-state index contributed by atoms with van der Waals surface area (Å²) in [5, 5.41) is 16.5. The normalized spacial score (nSPS) is 11.4. The molecule has 8 heteroatoms. The van der Waals surface area contributed by atoms with Crippen LogP contribution in [0, 0.1) is 0 Å². The van der Waals surface area contributed by atoms with Gasteiger partial charge in [-0.15, -0.1) is 10.2 Å². The summed E-state index contributed by atoms with van der Waals surface area (Å²) in [6.07, 6.45) is 2.42. The average Bonchev–Trinajstić information content (AvgIpc) is 3.11. The van der Waals surface area contributed by atoms with Gasteiger partial charge >= 0.3 is 0 Å². The predicted octanol–water partition coefficient (Wildman–Crippen LogP) is 1.99. The van der Waals surface area contributed by atoms with Crippen LogP contribution in [-0.2, 0) is 6.42 Å². The van der Waals surface area contributed by atoms with E-state index >= 15 is 0 Å². The lowest BCUT2D eigenvalue weighted by molar-refractivity contribution is 0.0948. The SMILES string of the molecule is CC(C)n1nc(C(=O)NCCc2nnc3ccccn23)c2ccccc2c1=O. The number of benzene rings is 1. The highest BCUT2D eigenvalue weighted by atomic mass is 16.2. The molecule has 0 fully saturated rings. The molecule has 0 aliphatic rings. The molecule has 1 aromatic carbocycles. The van der Waals surface area contributed by atoms with E-state index in [1.807, 2.05) is 42.6 Å². The molecule has 0 saturated carbocycles. The van der Waals surface area contributed by atoms with Crippen LogP contribution in [0.1, 0.15) is 36.2 Å². The van der Waals surface area contributed by atoms with Gasteiger partial charge in [-0.05, 0) is 32.0 Å². The molecule has 0 aliphatic carbocycles. The van der Waals surface area contributed by atoms with Crippen LogP contribution in [0.2, 0.25) is 0 Å². The third-order valence-electron chi connectivity index (χ3n) is 4.55.